The van der Waals surface area contributed by atoms with Crippen molar-refractivity contribution in [3.63, 3.8) is 0 Å². The zero-order valence-corrected chi connectivity index (χ0v) is 13.0. The molecule has 0 atom stereocenters. The van der Waals surface area contributed by atoms with Gasteiger partial charge in [0.15, 0.2) is 5.78 Å². The summed E-state index contributed by atoms with van der Waals surface area (Å²) >= 11 is 0. The lowest BCUT2D eigenvalue weighted by atomic mass is 10.1. The first kappa shape index (κ1) is 16.9. The van der Waals surface area contributed by atoms with Gasteiger partial charge in [0.25, 0.3) is 0 Å². The van der Waals surface area contributed by atoms with Crippen LogP contribution in [0, 0.1) is 0 Å². The fraction of sp³-hybridized carbons (Fsp3) is 0.438. The Morgan fingerprint density at radius 3 is 2.67 bits per heavy atom. The Bertz CT molecular complexity index is 531. The van der Waals surface area contributed by atoms with E-state index in [1.54, 1.807) is 18.5 Å². The number of amides is 1. The normalized spacial score (nSPS) is 11.4. The molecule has 1 aromatic rings. The van der Waals surface area contributed by atoms with Gasteiger partial charge in [0.1, 0.15) is 5.60 Å². The van der Waals surface area contributed by atoms with Crippen LogP contribution in [-0.2, 0) is 4.74 Å². The molecule has 0 saturated carbocycles. The summed E-state index contributed by atoms with van der Waals surface area (Å²) in [5.74, 6) is -0.00987. The van der Waals surface area contributed by atoms with Gasteiger partial charge in [0.05, 0.1) is 0 Å². The Labute approximate surface area is 125 Å². The SMILES string of the molecule is CC(=O)c1cncc(C=CCCNC(=O)OC(C)(C)C)c1. The molecule has 5 heteroatoms. The van der Waals surface area contributed by atoms with Gasteiger partial charge in [0, 0.05) is 24.5 Å². The predicted molar refractivity (Wildman–Crippen MR) is 82.1 cm³/mol. The van der Waals surface area contributed by atoms with E-state index in [2.05, 4.69) is 10.3 Å². The molecule has 0 aromatic carbocycles. The number of nitrogens with zero attached hydrogens (tertiary/aromatic N) is 1. The zero-order valence-electron chi connectivity index (χ0n) is 13.0. The van der Waals surface area contributed by atoms with E-state index in [-0.39, 0.29) is 5.78 Å². The van der Waals surface area contributed by atoms with Crippen molar-refractivity contribution in [2.24, 2.45) is 0 Å². The number of alkyl carbamates (subject to hydrolysis) is 1. The van der Waals surface area contributed by atoms with Crippen molar-refractivity contribution < 1.29 is 14.3 Å². The molecular weight excluding hydrogens is 268 g/mol. The van der Waals surface area contributed by atoms with Crippen molar-refractivity contribution in [2.45, 2.75) is 39.7 Å². The topological polar surface area (TPSA) is 68.3 Å². The maximum atomic E-state index is 11.4. The van der Waals surface area contributed by atoms with Crippen molar-refractivity contribution >= 4 is 18.0 Å². The van der Waals surface area contributed by atoms with Gasteiger partial charge in [-0.15, -0.1) is 0 Å². The minimum Gasteiger partial charge on any atom is -0.444 e. The van der Waals surface area contributed by atoms with Crippen LogP contribution in [0.4, 0.5) is 4.79 Å². The minimum absolute atomic E-state index is 0.00987. The number of ketones is 1. The van der Waals surface area contributed by atoms with Crippen LogP contribution in [0.5, 0.6) is 0 Å². The lowest BCUT2D eigenvalue weighted by Gasteiger charge is -2.19. The van der Waals surface area contributed by atoms with Gasteiger partial charge in [-0.3, -0.25) is 9.78 Å². The second-order valence-electron chi connectivity index (χ2n) is 5.68. The van der Waals surface area contributed by atoms with Crippen LogP contribution in [0.2, 0.25) is 0 Å². The van der Waals surface area contributed by atoms with Crippen LogP contribution in [0.1, 0.15) is 50.0 Å². The molecule has 1 heterocycles. The Morgan fingerprint density at radius 2 is 2.05 bits per heavy atom. The molecular formula is C16H22N2O3. The molecule has 0 aliphatic rings. The van der Waals surface area contributed by atoms with Gasteiger partial charge in [-0.25, -0.2) is 4.79 Å². The number of carbonyl (C=O) groups excluding carboxylic acids is 2. The number of ether oxygens (including phenoxy) is 1. The molecule has 0 radical (unpaired) electrons. The van der Waals surface area contributed by atoms with Crippen LogP contribution in [0.15, 0.2) is 24.5 Å². The molecule has 0 fully saturated rings. The van der Waals surface area contributed by atoms with Crippen molar-refractivity contribution in [1.29, 1.82) is 0 Å². The summed E-state index contributed by atoms with van der Waals surface area (Å²) in [7, 11) is 0. The Morgan fingerprint density at radius 1 is 1.33 bits per heavy atom. The van der Waals surface area contributed by atoms with Gasteiger partial charge in [-0.1, -0.05) is 12.2 Å². The highest BCUT2D eigenvalue weighted by Crippen LogP contribution is 2.07. The van der Waals surface area contributed by atoms with E-state index in [1.807, 2.05) is 32.9 Å². The number of rotatable bonds is 5. The first-order chi connectivity index (χ1) is 9.78. The number of aromatic nitrogens is 1. The summed E-state index contributed by atoms with van der Waals surface area (Å²) in [6.07, 6.45) is 7.27. The first-order valence-electron chi connectivity index (χ1n) is 6.87. The van der Waals surface area contributed by atoms with E-state index in [9.17, 15) is 9.59 Å². The first-order valence-corrected chi connectivity index (χ1v) is 6.87. The monoisotopic (exact) mass is 290 g/mol. The van der Waals surface area contributed by atoms with E-state index in [1.165, 1.54) is 6.92 Å². The third-order valence-corrected chi connectivity index (χ3v) is 2.46. The van der Waals surface area contributed by atoms with E-state index < -0.39 is 11.7 Å². The minimum atomic E-state index is -0.487. The van der Waals surface area contributed by atoms with Crippen molar-refractivity contribution in [3.05, 3.63) is 35.7 Å². The van der Waals surface area contributed by atoms with Crippen LogP contribution < -0.4 is 5.32 Å². The van der Waals surface area contributed by atoms with Gasteiger partial charge in [-0.2, -0.15) is 0 Å². The number of hydrogen-bond donors (Lipinski definition) is 1. The lowest BCUT2D eigenvalue weighted by molar-refractivity contribution is 0.0528. The summed E-state index contributed by atoms with van der Waals surface area (Å²) in [6, 6.07) is 1.78. The number of hydrogen-bond acceptors (Lipinski definition) is 4. The highest BCUT2D eigenvalue weighted by molar-refractivity contribution is 5.94. The number of Topliss-reactive ketones (excluding diaryl/α,β-unsaturated/α-hetero) is 1. The quantitative estimate of drug-likeness (QED) is 0.668. The zero-order chi connectivity index (χ0) is 15.9. The van der Waals surface area contributed by atoms with Gasteiger partial charge >= 0.3 is 6.09 Å². The molecule has 0 unspecified atom stereocenters. The summed E-state index contributed by atoms with van der Waals surface area (Å²) in [5, 5.41) is 2.67. The number of nitrogens with one attached hydrogen (secondary N) is 1. The van der Waals surface area contributed by atoms with E-state index >= 15 is 0 Å². The maximum Gasteiger partial charge on any atom is 0.407 e. The fourth-order valence-electron chi connectivity index (χ4n) is 1.53. The van der Waals surface area contributed by atoms with Crippen LogP contribution in [-0.4, -0.2) is 29.0 Å². The van der Waals surface area contributed by atoms with Crippen LogP contribution in [0.25, 0.3) is 6.08 Å². The predicted octanol–water partition coefficient (Wildman–Crippen LogP) is 3.21. The summed E-state index contributed by atoms with van der Waals surface area (Å²) in [6.45, 7) is 7.46. The Kier molecular flexibility index (Phi) is 6.09. The highest BCUT2D eigenvalue weighted by Gasteiger charge is 2.15. The number of pyridine rings is 1. The molecule has 0 saturated heterocycles. The Hall–Kier alpha value is -2.17. The third kappa shape index (κ3) is 7.25. The van der Waals surface area contributed by atoms with Gasteiger partial charge in [0.2, 0.25) is 0 Å². The standard InChI is InChI=1S/C16H22N2O3/c1-12(19)14-9-13(10-17-11-14)7-5-6-8-18-15(20)21-16(2,3)4/h5,7,9-11H,6,8H2,1-4H3,(H,18,20). The van der Waals surface area contributed by atoms with Gasteiger partial charge < -0.3 is 10.1 Å². The second kappa shape index (κ2) is 7.57. The van der Waals surface area contributed by atoms with E-state index in [0.29, 0.717) is 18.5 Å². The van der Waals surface area contributed by atoms with E-state index in [4.69, 9.17) is 4.74 Å². The molecule has 1 amide bonds. The molecule has 0 aliphatic carbocycles. The van der Waals surface area contributed by atoms with Crippen molar-refractivity contribution in [3.8, 4) is 0 Å². The molecule has 5 nitrogen and oxygen atoms in total. The van der Waals surface area contributed by atoms with Crippen LogP contribution >= 0.6 is 0 Å². The van der Waals surface area contributed by atoms with Crippen molar-refractivity contribution in [2.75, 3.05) is 6.54 Å². The summed E-state index contributed by atoms with van der Waals surface area (Å²) < 4.78 is 5.12. The Balaban J connectivity index is 2.37. The summed E-state index contributed by atoms with van der Waals surface area (Å²) in [5.41, 5.74) is 0.961. The average molecular weight is 290 g/mol. The molecule has 0 aliphatic heterocycles. The van der Waals surface area contributed by atoms with Gasteiger partial charge in [-0.05, 0) is 45.7 Å². The molecule has 1 rings (SSSR count). The smallest absolute Gasteiger partial charge is 0.407 e. The molecule has 114 valence electrons. The number of carbonyl (C=O) groups is 2. The second-order valence-corrected chi connectivity index (χ2v) is 5.68. The average Bonchev–Trinajstić information content (AvgIpc) is 2.36. The maximum absolute atomic E-state index is 11.4. The largest absolute Gasteiger partial charge is 0.444 e. The molecule has 1 N–H and O–H groups in total. The molecule has 0 spiro atoms. The fourth-order valence-corrected chi connectivity index (χ4v) is 1.53. The highest BCUT2D eigenvalue weighted by atomic mass is 16.6. The van der Waals surface area contributed by atoms with Crippen molar-refractivity contribution in [1.82, 2.24) is 10.3 Å². The summed E-state index contributed by atoms with van der Waals surface area (Å²) in [4.78, 5) is 26.7. The molecule has 21 heavy (non-hydrogen) atoms. The third-order valence-electron chi connectivity index (χ3n) is 2.46. The lowest BCUT2D eigenvalue weighted by Crippen LogP contribution is -2.32. The van der Waals surface area contributed by atoms with Crippen LogP contribution in [0.3, 0.4) is 0 Å². The molecule has 0 bridgehead atoms. The van der Waals surface area contributed by atoms with E-state index in [0.717, 1.165) is 5.56 Å². The molecule has 1 aromatic heterocycles.